The molecule has 2 aromatic carbocycles. The highest BCUT2D eigenvalue weighted by Gasteiger charge is 2.71. The van der Waals surface area contributed by atoms with Gasteiger partial charge in [-0.15, -0.1) is 0 Å². The van der Waals surface area contributed by atoms with Gasteiger partial charge in [-0.05, 0) is 50.5 Å². The molecule has 0 radical (unpaired) electrons. The van der Waals surface area contributed by atoms with Crippen LogP contribution in [0.3, 0.4) is 0 Å². The van der Waals surface area contributed by atoms with Crippen LogP contribution in [0.1, 0.15) is 36.5 Å². The first-order valence-electron chi connectivity index (χ1n) is 10.3. The molecule has 1 heterocycles. The number of aromatic nitrogens is 2. The summed E-state index contributed by atoms with van der Waals surface area (Å²) >= 11 is 5.64. The van der Waals surface area contributed by atoms with Gasteiger partial charge in [0.25, 0.3) is 11.8 Å². The Balaban J connectivity index is 1.09. The number of benzene rings is 2. The number of aryl methyl sites for hydroxylation is 1. The first-order valence-corrected chi connectivity index (χ1v) is 10.6. The van der Waals surface area contributed by atoms with Gasteiger partial charge in [-0.25, -0.2) is 4.39 Å². The first-order chi connectivity index (χ1) is 15.3. The Labute approximate surface area is 188 Å². The lowest BCUT2D eigenvalue weighted by Crippen LogP contribution is -2.77. The van der Waals surface area contributed by atoms with E-state index < -0.39 is 5.82 Å². The fourth-order valence-corrected chi connectivity index (χ4v) is 4.63. The van der Waals surface area contributed by atoms with Gasteiger partial charge in [0.1, 0.15) is 17.3 Å². The third kappa shape index (κ3) is 3.90. The van der Waals surface area contributed by atoms with Gasteiger partial charge in [-0.2, -0.15) is 4.98 Å². The van der Waals surface area contributed by atoms with E-state index in [0.29, 0.717) is 11.7 Å². The van der Waals surface area contributed by atoms with Crippen molar-refractivity contribution in [1.82, 2.24) is 15.5 Å². The van der Waals surface area contributed by atoms with Crippen LogP contribution in [0, 0.1) is 12.7 Å². The number of carbonyl (C=O) groups excluding carboxylic acids is 1. The number of hydrogen-bond acceptors (Lipinski definition) is 6. The summed E-state index contributed by atoms with van der Waals surface area (Å²) in [6, 6.07) is 11.8. The zero-order valence-electron chi connectivity index (χ0n) is 17.4. The molecule has 1 aromatic heterocycles. The van der Waals surface area contributed by atoms with E-state index >= 15 is 0 Å². The van der Waals surface area contributed by atoms with Crippen LogP contribution in [0.15, 0.2) is 47.0 Å². The highest BCUT2D eigenvalue weighted by atomic mass is 35.5. The maximum Gasteiger partial charge on any atom is 0.264 e. The Kier molecular flexibility index (Phi) is 5.04. The van der Waals surface area contributed by atoms with Gasteiger partial charge in [0.2, 0.25) is 0 Å². The van der Waals surface area contributed by atoms with E-state index in [-0.39, 0.29) is 40.8 Å². The molecule has 3 aliphatic carbocycles. The molecule has 9 heteroatoms. The SMILES string of the molecule is Cc1ccc(OCc2nc(C34CC(NC(=O)COc5ccc(Cl)c(F)c5)(C3)C4)no2)cc1. The average Bonchev–Trinajstić information content (AvgIpc) is 3.19. The van der Waals surface area contributed by atoms with E-state index in [1.807, 2.05) is 31.2 Å². The Morgan fingerprint density at radius 2 is 1.88 bits per heavy atom. The summed E-state index contributed by atoms with van der Waals surface area (Å²) in [4.78, 5) is 16.8. The normalized spacial score (nSPS) is 23.1. The minimum Gasteiger partial charge on any atom is -0.484 e. The molecule has 1 amide bonds. The standard InChI is InChI=1S/C23H21ClFN3O4/c1-14-2-4-15(5-3-14)31-10-20-26-21(28-32-20)22-11-23(12-22,13-22)27-19(29)9-30-16-6-7-17(24)18(25)8-16/h2-8H,9-13H2,1H3,(H,27,29). The largest absolute Gasteiger partial charge is 0.484 e. The number of nitrogens with one attached hydrogen (secondary N) is 1. The van der Waals surface area contributed by atoms with Crippen molar-refractivity contribution in [2.24, 2.45) is 0 Å². The molecular weight excluding hydrogens is 437 g/mol. The third-order valence-corrected chi connectivity index (χ3v) is 6.33. The maximum absolute atomic E-state index is 13.5. The highest BCUT2D eigenvalue weighted by molar-refractivity contribution is 6.30. The van der Waals surface area contributed by atoms with Crippen molar-refractivity contribution in [3.63, 3.8) is 0 Å². The number of rotatable bonds is 8. The molecule has 0 atom stereocenters. The van der Waals surface area contributed by atoms with Crippen LogP contribution in [-0.4, -0.2) is 28.2 Å². The predicted molar refractivity (Wildman–Crippen MR) is 113 cm³/mol. The van der Waals surface area contributed by atoms with Crippen molar-refractivity contribution in [2.45, 2.75) is 43.7 Å². The Morgan fingerprint density at radius 3 is 2.59 bits per heavy atom. The van der Waals surface area contributed by atoms with Crippen molar-refractivity contribution in [1.29, 1.82) is 0 Å². The van der Waals surface area contributed by atoms with Gasteiger partial charge in [0.15, 0.2) is 19.0 Å². The monoisotopic (exact) mass is 457 g/mol. The molecule has 1 N–H and O–H groups in total. The number of hydrogen-bond donors (Lipinski definition) is 1. The second kappa shape index (κ2) is 7.78. The van der Waals surface area contributed by atoms with E-state index in [1.54, 1.807) is 0 Å². The third-order valence-electron chi connectivity index (χ3n) is 6.02. The van der Waals surface area contributed by atoms with Gasteiger partial charge in [0, 0.05) is 17.0 Å². The summed E-state index contributed by atoms with van der Waals surface area (Å²) in [6.07, 6.45) is 2.25. The minimum absolute atomic E-state index is 0.00676. The molecule has 3 fully saturated rings. The summed E-state index contributed by atoms with van der Waals surface area (Å²) in [6.45, 7) is 2.02. The highest BCUT2D eigenvalue weighted by Crippen LogP contribution is 2.67. The van der Waals surface area contributed by atoms with Crippen molar-refractivity contribution in [3.05, 3.63) is 70.6 Å². The van der Waals surface area contributed by atoms with Crippen LogP contribution >= 0.6 is 11.6 Å². The van der Waals surface area contributed by atoms with E-state index in [2.05, 4.69) is 15.5 Å². The van der Waals surface area contributed by atoms with Crippen LogP contribution in [0.25, 0.3) is 0 Å². The lowest BCUT2D eigenvalue weighted by Gasteiger charge is -2.68. The van der Waals surface area contributed by atoms with Crippen LogP contribution in [0.2, 0.25) is 5.02 Å². The molecule has 2 bridgehead atoms. The topological polar surface area (TPSA) is 86.5 Å². The van der Waals surface area contributed by atoms with Gasteiger partial charge in [-0.3, -0.25) is 4.79 Å². The number of carbonyl (C=O) groups is 1. The molecule has 0 saturated heterocycles. The van der Waals surface area contributed by atoms with E-state index in [9.17, 15) is 9.18 Å². The second-order valence-electron chi connectivity index (χ2n) is 8.62. The summed E-state index contributed by atoms with van der Waals surface area (Å²) in [5.74, 6) is 1.23. The molecule has 0 unspecified atom stereocenters. The van der Waals surface area contributed by atoms with Gasteiger partial charge in [0.05, 0.1) is 5.02 Å². The van der Waals surface area contributed by atoms with Crippen LogP contribution in [0.5, 0.6) is 11.5 Å². The molecule has 0 spiro atoms. The number of halogens is 2. The molecule has 6 rings (SSSR count). The minimum atomic E-state index is -0.588. The number of amides is 1. The van der Waals surface area contributed by atoms with Crippen molar-refractivity contribution in [3.8, 4) is 11.5 Å². The fraction of sp³-hybridized carbons (Fsp3) is 0.348. The summed E-state index contributed by atoms with van der Waals surface area (Å²) in [5.41, 5.74) is 0.747. The zero-order chi connectivity index (χ0) is 22.3. The van der Waals surface area contributed by atoms with Crippen molar-refractivity contribution >= 4 is 17.5 Å². The Bertz CT molecular complexity index is 1140. The number of ether oxygens (including phenoxy) is 2. The summed E-state index contributed by atoms with van der Waals surface area (Å²) in [7, 11) is 0. The van der Waals surface area contributed by atoms with E-state index in [1.165, 1.54) is 12.1 Å². The average molecular weight is 458 g/mol. The molecule has 3 aromatic rings. The van der Waals surface area contributed by atoms with Gasteiger partial charge >= 0.3 is 0 Å². The smallest absolute Gasteiger partial charge is 0.264 e. The predicted octanol–water partition coefficient (Wildman–Crippen LogP) is 4.12. The fourth-order valence-electron chi connectivity index (χ4n) is 4.51. The Hall–Kier alpha value is -3.13. The van der Waals surface area contributed by atoms with E-state index in [0.717, 1.165) is 36.6 Å². The number of nitrogens with zero attached hydrogens (tertiary/aromatic N) is 2. The van der Waals surface area contributed by atoms with Crippen molar-refractivity contribution < 1.29 is 23.2 Å². The quantitative estimate of drug-likeness (QED) is 0.547. The molecule has 0 aliphatic heterocycles. The Morgan fingerprint density at radius 1 is 1.16 bits per heavy atom. The van der Waals surface area contributed by atoms with Gasteiger partial charge in [-0.1, -0.05) is 34.5 Å². The zero-order valence-corrected chi connectivity index (χ0v) is 18.1. The molecule has 32 heavy (non-hydrogen) atoms. The maximum atomic E-state index is 13.5. The summed E-state index contributed by atoms with van der Waals surface area (Å²) < 4.78 is 29.8. The lowest BCUT2D eigenvalue weighted by molar-refractivity contribution is -0.141. The van der Waals surface area contributed by atoms with Gasteiger partial charge < -0.3 is 19.3 Å². The molecule has 3 saturated carbocycles. The lowest BCUT2D eigenvalue weighted by atomic mass is 9.39. The second-order valence-corrected chi connectivity index (χ2v) is 9.02. The first kappa shape index (κ1) is 20.8. The van der Waals surface area contributed by atoms with E-state index in [4.69, 9.17) is 25.6 Å². The molecule has 7 nitrogen and oxygen atoms in total. The van der Waals surface area contributed by atoms with Crippen LogP contribution in [-0.2, 0) is 16.8 Å². The van der Waals surface area contributed by atoms with Crippen LogP contribution in [0.4, 0.5) is 4.39 Å². The van der Waals surface area contributed by atoms with Crippen LogP contribution < -0.4 is 14.8 Å². The molecule has 3 aliphatic rings. The molecular formula is C23H21ClFN3O4. The molecule has 166 valence electrons. The summed E-state index contributed by atoms with van der Waals surface area (Å²) in [5, 5.41) is 7.15. The van der Waals surface area contributed by atoms with Crippen molar-refractivity contribution in [2.75, 3.05) is 6.61 Å².